The van der Waals surface area contributed by atoms with Gasteiger partial charge >= 0.3 is 0 Å². The van der Waals surface area contributed by atoms with Gasteiger partial charge in [0, 0.05) is 18.1 Å². The van der Waals surface area contributed by atoms with Crippen molar-refractivity contribution in [3.8, 4) is 0 Å². The summed E-state index contributed by atoms with van der Waals surface area (Å²) in [5.41, 5.74) is 1.05. The van der Waals surface area contributed by atoms with Gasteiger partial charge in [0.15, 0.2) is 16.1 Å². The average molecular weight is 410 g/mol. The first-order valence-electron chi connectivity index (χ1n) is 9.72. The molecule has 4 rings (SSSR count). The maximum atomic E-state index is 14.7. The molecule has 3 heterocycles. The third-order valence-corrected chi connectivity index (χ3v) is 6.38. The van der Waals surface area contributed by atoms with E-state index in [4.69, 9.17) is 16.6 Å². The smallest absolute Gasteiger partial charge is 0.190 e. The van der Waals surface area contributed by atoms with E-state index in [1.54, 1.807) is 0 Å². The molecule has 0 unspecified atom stereocenters. The zero-order valence-corrected chi connectivity index (χ0v) is 17.4. The van der Waals surface area contributed by atoms with Crippen LogP contribution in [0.3, 0.4) is 0 Å². The third kappa shape index (κ3) is 3.74. The Morgan fingerprint density at radius 2 is 2.07 bits per heavy atom. The first-order chi connectivity index (χ1) is 13.0. The number of hydrogen-bond donors (Lipinski definition) is 2. The van der Waals surface area contributed by atoms with Crippen LogP contribution in [0.2, 0.25) is 5.15 Å². The van der Waals surface area contributed by atoms with Crippen LogP contribution in [0.1, 0.15) is 45.7 Å². The monoisotopic (exact) mass is 409 g/mol. The van der Waals surface area contributed by atoms with E-state index in [0.29, 0.717) is 40.8 Å². The molecule has 1 fully saturated rings. The molecule has 2 aromatic heterocycles. The van der Waals surface area contributed by atoms with Crippen LogP contribution in [-0.4, -0.2) is 38.8 Å². The van der Waals surface area contributed by atoms with E-state index >= 15 is 0 Å². The minimum Gasteiger partial charge on any atom is -0.365 e. The SMILES string of the molecule is CCSc1nc2c3c(nc(Cl)c(F)c3n1)C[C@@H](C)[C@H]([C@H](CC)NC1CC1)N2. The van der Waals surface area contributed by atoms with E-state index in [9.17, 15) is 4.39 Å². The van der Waals surface area contributed by atoms with Gasteiger partial charge < -0.3 is 10.6 Å². The van der Waals surface area contributed by atoms with Crippen molar-refractivity contribution in [2.24, 2.45) is 5.92 Å². The Morgan fingerprint density at radius 1 is 1.30 bits per heavy atom. The lowest BCUT2D eigenvalue weighted by Crippen LogP contribution is -2.48. The van der Waals surface area contributed by atoms with E-state index in [-0.39, 0.29) is 16.7 Å². The van der Waals surface area contributed by atoms with Crippen LogP contribution in [0.4, 0.5) is 10.2 Å². The second-order valence-electron chi connectivity index (χ2n) is 7.48. The first kappa shape index (κ1) is 19.2. The second-order valence-corrected chi connectivity index (χ2v) is 9.07. The van der Waals surface area contributed by atoms with Gasteiger partial charge in [0.05, 0.1) is 11.1 Å². The molecule has 0 amide bonds. The highest BCUT2D eigenvalue weighted by molar-refractivity contribution is 7.99. The minimum atomic E-state index is -0.562. The molecule has 146 valence electrons. The summed E-state index contributed by atoms with van der Waals surface area (Å²) in [6.07, 6.45) is 4.22. The van der Waals surface area contributed by atoms with Crippen molar-refractivity contribution in [2.75, 3.05) is 11.1 Å². The van der Waals surface area contributed by atoms with Crippen molar-refractivity contribution in [3.05, 3.63) is 16.7 Å². The van der Waals surface area contributed by atoms with Gasteiger partial charge in [-0.05, 0) is 37.4 Å². The van der Waals surface area contributed by atoms with Crippen LogP contribution in [0.25, 0.3) is 10.9 Å². The second kappa shape index (κ2) is 7.68. The number of nitrogens with zero attached hydrogens (tertiary/aromatic N) is 3. The summed E-state index contributed by atoms with van der Waals surface area (Å²) < 4.78 is 14.7. The number of thioether (sulfide) groups is 1. The summed E-state index contributed by atoms with van der Waals surface area (Å²) in [5, 5.41) is 8.52. The maximum Gasteiger partial charge on any atom is 0.190 e. The number of hydrogen-bond acceptors (Lipinski definition) is 6. The highest BCUT2D eigenvalue weighted by Crippen LogP contribution is 2.36. The van der Waals surface area contributed by atoms with Crippen molar-refractivity contribution in [2.45, 2.75) is 69.7 Å². The number of anilines is 1. The molecule has 2 aromatic rings. The zero-order valence-electron chi connectivity index (χ0n) is 15.9. The predicted molar refractivity (Wildman–Crippen MR) is 109 cm³/mol. The van der Waals surface area contributed by atoms with Gasteiger partial charge in [-0.25, -0.2) is 19.3 Å². The van der Waals surface area contributed by atoms with Gasteiger partial charge in [-0.15, -0.1) is 0 Å². The Kier molecular flexibility index (Phi) is 5.45. The minimum absolute atomic E-state index is 0.108. The van der Waals surface area contributed by atoms with E-state index in [1.807, 2.05) is 6.92 Å². The summed E-state index contributed by atoms with van der Waals surface area (Å²) in [5.74, 6) is 1.24. The van der Waals surface area contributed by atoms with Gasteiger partial charge in [-0.1, -0.05) is 44.1 Å². The highest BCUT2D eigenvalue weighted by atomic mass is 35.5. The van der Waals surface area contributed by atoms with Crippen molar-refractivity contribution in [1.29, 1.82) is 0 Å². The molecule has 0 aromatic carbocycles. The number of rotatable bonds is 6. The molecule has 3 atom stereocenters. The van der Waals surface area contributed by atoms with Crippen molar-refractivity contribution in [3.63, 3.8) is 0 Å². The van der Waals surface area contributed by atoms with Gasteiger partial charge in [0.1, 0.15) is 11.3 Å². The summed E-state index contributed by atoms with van der Waals surface area (Å²) in [4.78, 5) is 13.5. The van der Waals surface area contributed by atoms with Crippen LogP contribution < -0.4 is 10.6 Å². The first-order valence-corrected chi connectivity index (χ1v) is 11.1. The van der Waals surface area contributed by atoms with Crippen LogP contribution >= 0.6 is 23.4 Å². The summed E-state index contributed by atoms with van der Waals surface area (Å²) >= 11 is 7.60. The van der Waals surface area contributed by atoms with E-state index in [0.717, 1.165) is 17.9 Å². The molecule has 0 saturated heterocycles. The third-order valence-electron chi connectivity index (χ3n) is 5.40. The molecular weight excluding hydrogens is 385 g/mol. The predicted octanol–water partition coefficient (Wildman–Crippen LogP) is 4.43. The fourth-order valence-corrected chi connectivity index (χ4v) is 4.66. The molecule has 5 nitrogen and oxygen atoms in total. The van der Waals surface area contributed by atoms with Gasteiger partial charge in [-0.3, -0.25) is 0 Å². The molecule has 0 spiro atoms. The van der Waals surface area contributed by atoms with Crippen molar-refractivity contribution >= 4 is 40.1 Å². The largest absolute Gasteiger partial charge is 0.365 e. The molecule has 1 aliphatic heterocycles. The number of pyridine rings is 1. The lowest BCUT2D eigenvalue weighted by molar-refractivity contribution is 0.350. The van der Waals surface area contributed by atoms with E-state index < -0.39 is 5.82 Å². The Labute approximate surface area is 168 Å². The fraction of sp³-hybridized carbons (Fsp3) is 0.632. The number of aromatic nitrogens is 3. The van der Waals surface area contributed by atoms with Crippen molar-refractivity contribution < 1.29 is 4.39 Å². The normalized spacial score (nSPS) is 23.1. The maximum absolute atomic E-state index is 14.7. The van der Waals surface area contributed by atoms with Gasteiger partial charge in [0.25, 0.3) is 0 Å². The summed E-state index contributed by atoms with van der Waals surface area (Å²) in [6, 6.07) is 1.13. The van der Waals surface area contributed by atoms with Gasteiger partial charge in [0.2, 0.25) is 0 Å². The lowest BCUT2D eigenvalue weighted by atomic mass is 9.90. The van der Waals surface area contributed by atoms with Crippen LogP contribution in [0.15, 0.2) is 5.16 Å². The Hall–Kier alpha value is -1.18. The van der Waals surface area contributed by atoms with Crippen LogP contribution in [0, 0.1) is 11.7 Å². The summed E-state index contributed by atoms with van der Waals surface area (Å²) in [6.45, 7) is 6.44. The Morgan fingerprint density at radius 3 is 2.74 bits per heavy atom. The molecule has 2 N–H and O–H groups in total. The number of halogens is 2. The molecule has 2 aliphatic rings. The quantitative estimate of drug-likeness (QED) is 0.418. The molecule has 0 bridgehead atoms. The van der Waals surface area contributed by atoms with E-state index in [2.05, 4.69) is 34.4 Å². The standard InChI is InChI=1S/C19H25ClFN5S/c1-4-11(22-10-6-7-10)15-9(3)8-12-13-16(14(21)17(20)23-12)25-19(27-5-2)26-18(13)24-15/h9-11,15,22H,4-8H2,1-3H3,(H,24,25,26)/t9-,11+,15-/m1/s1. The highest BCUT2D eigenvalue weighted by Gasteiger charge is 2.35. The van der Waals surface area contributed by atoms with Crippen LogP contribution in [-0.2, 0) is 6.42 Å². The topological polar surface area (TPSA) is 62.7 Å². The molecule has 1 saturated carbocycles. The number of nitrogens with one attached hydrogen (secondary N) is 2. The van der Waals surface area contributed by atoms with Crippen LogP contribution in [0.5, 0.6) is 0 Å². The Bertz CT molecular complexity index is 860. The molecule has 0 radical (unpaired) electrons. The molecule has 1 aliphatic carbocycles. The van der Waals surface area contributed by atoms with Crippen molar-refractivity contribution in [1.82, 2.24) is 20.3 Å². The molecule has 8 heteroatoms. The van der Waals surface area contributed by atoms with Gasteiger partial charge in [-0.2, -0.15) is 0 Å². The van der Waals surface area contributed by atoms with E-state index in [1.165, 1.54) is 24.6 Å². The lowest BCUT2D eigenvalue weighted by Gasteiger charge is -2.32. The fourth-order valence-electron chi connectivity index (χ4n) is 3.90. The zero-order chi connectivity index (χ0) is 19.1. The summed E-state index contributed by atoms with van der Waals surface area (Å²) in [7, 11) is 0. The molecule has 27 heavy (non-hydrogen) atoms. The Balaban J connectivity index is 1.82. The average Bonchev–Trinajstić information content (AvgIpc) is 3.46. The molecular formula is C19H25ClFN5S.